The normalized spacial score (nSPS) is 19.2. The summed E-state index contributed by atoms with van der Waals surface area (Å²) in [7, 11) is 0. The van der Waals surface area contributed by atoms with Gasteiger partial charge < -0.3 is 10.2 Å². The average molecular weight is 345 g/mol. The second kappa shape index (κ2) is 5.63. The fourth-order valence-electron chi connectivity index (χ4n) is 2.14. The Hall–Kier alpha value is -0.880. The lowest BCUT2D eigenvalue weighted by Crippen LogP contribution is -2.53. The molecule has 0 unspecified atom stereocenters. The van der Waals surface area contributed by atoms with Crippen molar-refractivity contribution in [3.05, 3.63) is 20.8 Å². The molecule has 0 saturated carbocycles. The zero-order valence-electron chi connectivity index (χ0n) is 11.0. The van der Waals surface area contributed by atoms with Gasteiger partial charge in [0.05, 0.1) is 3.79 Å². The molecule has 6 heteroatoms. The van der Waals surface area contributed by atoms with E-state index in [0.29, 0.717) is 19.5 Å². The van der Waals surface area contributed by atoms with Crippen molar-refractivity contribution in [2.75, 3.05) is 13.1 Å². The van der Waals surface area contributed by atoms with Gasteiger partial charge in [0.1, 0.15) is 5.54 Å². The molecule has 0 bridgehead atoms. The minimum absolute atomic E-state index is 0.00558. The SMILES string of the molecule is CC1(C)NC(=O)CCN(CCc2ccc(Br)s2)C1=O. The molecular weight excluding hydrogens is 328 g/mol. The molecule has 0 radical (unpaired) electrons. The number of carbonyl (C=O) groups excluding carboxylic acids is 2. The minimum Gasteiger partial charge on any atom is -0.342 e. The molecule has 0 atom stereocenters. The summed E-state index contributed by atoms with van der Waals surface area (Å²) in [6, 6.07) is 4.07. The quantitative estimate of drug-likeness (QED) is 0.913. The van der Waals surface area contributed by atoms with Gasteiger partial charge >= 0.3 is 0 Å². The molecule has 1 N–H and O–H groups in total. The number of carbonyl (C=O) groups is 2. The van der Waals surface area contributed by atoms with Crippen LogP contribution in [-0.4, -0.2) is 35.3 Å². The largest absolute Gasteiger partial charge is 0.342 e. The van der Waals surface area contributed by atoms with E-state index in [1.165, 1.54) is 4.88 Å². The topological polar surface area (TPSA) is 49.4 Å². The van der Waals surface area contributed by atoms with Crippen LogP contribution in [0.5, 0.6) is 0 Å². The van der Waals surface area contributed by atoms with Crippen LogP contribution in [0.4, 0.5) is 0 Å². The van der Waals surface area contributed by atoms with E-state index in [0.717, 1.165) is 10.2 Å². The summed E-state index contributed by atoms with van der Waals surface area (Å²) in [5.74, 6) is -0.0614. The Morgan fingerprint density at radius 2 is 2.16 bits per heavy atom. The maximum atomic E-state index is 12.3. The fraction of sp³-hybridized carbons (Fsp3) is 0.538. The first-order chi connectivity index (χ1) is 8.88. The molecular formula is C13H17BrN2O2S. The number of thiophene rings is 1. The average Bonchev–Trinajstić information content (AvgIpc) is 2.69. The van der Waals surface area contributed by atoms with Crippen LogP contribution in [0.2, 0.25) is 0 Å². The molecule has 1 aromatic heterocycles. The zero-order chi connectivity index (χ0) is 14.0. The van der Waals surface area contributed by atoms with E-state index in [4.69, 9.17) is 0 Å². The number of nitrogens with one attached hydrogen (secondary N) is 1. The molecule has 1 aliphatic heterocycles. The number of rotatable bonds is 3. The number of nitrogens with zero attached hydrogens (tertiary/aromatic N) is 1. The van der Waals surface area contributed by atoms with Gasteiger partial charge in [-0.15, -0.1) is 11.3 Å². The smallest absolute Gasteiger partial charge is 0.247 e. The van der Waals surface area contributed by atoms with E-state index < -0.39 is 5.54 Å². The number of halogens is 1. The van der Waals surface area contributed by atoms with Crippen LogP contribution >= 0.6 is 27.3 Å². The van der Waals surface area contributed by atoms with Gasteiger partial charge in [-0.25, -0.2) is 0 Å². The van der Waals surface area contributed by atoms with Crippen LogP contribution in [0.25, 0.3) is 0 Å². The number of hydrogen-bond donors (Lipinski definition) is 1. The van der Waals surface area contributed by atoms with Gasteiger partial charge in [-0.1, -0.05) is 0 Å². The predicted octanol–water partition coefficient (Wildman–Crippen LogP) is 2.18. The van der Waals surface area contributed by atoms with E-state index >= 15 is 0 Å². The van der Waals surface area contributed by atoms with Crippen molar-refractivity contribution in [3.8, 4) is 0 Å². The van der Waals surface area contributed by atoms with Crippen molar-refractivity contribution in [3.63, 3.8) is 0 Å². The Morgan fingerprint density at radius 3 is 2.79 bits per heavy atom. The van der Waals surface area contributed by atoms with Gasteiger partial charge in [0, 0.05) is 24.4 Å². The lowest BCUT2D eigenvalue weighted by Gasteiger charge is -2.28. The van der Waals surface area contributed by atoms with Gasteiger partial charge in [0.15, 0.2) is 0 Å². The molecule has 19 heavy (non-hydrogen) atoms. The predicted molar refractivity (Wildman–Crippen MR) is 79.1 cm³/mol. The van der Waals surface area contributed by atoms with Gasteiger partial charge in [-0.2, -0.15) is 0 Å². The van der Waals surface area contributed by atoms with Crippen LogP contribution in [-0.2, 0) is 16.0 Å². The highest BCUT2D eigenvalue weighted by atomic mass is 79.9. The Bertz CT molecular complexity index is 499. The van der Waals surface area contributed by atoms with E-state index in [2.05, 4.69) is 27.3 Å². The van der Waals surface area contributed by atoms with Gasteiger partial charge in [0.25, 0.3) is 0 Å². The van der Waals surface area contributed by atoms with Crippen molar-refractivity contribution in [1.29, 1.82) is 0 Å². The molecule has 4 nitrogen and oxygen atoms in total. The molecule has 0 spiro atoms. The van der Waals surface area contributed by atoms with Gasteiger partial charge in [-0.05, 0) is 48.3 Å². The number of hydrogen-bond acceptors (Lipinski definition) is 3. The molecule has 2 amide bonds. The Kier molecular flexibility index (Phi) is 4.30. The van der Waals surface area contributed by atoms with Crippen molar-refractivity contribution in [1.82, 2.24) is 10.2 Å². The summed E-state index contributed by atoms with van der Waals surface area (Å²) < 4.78 is 1.10. The highest BCUT2D eigenvalue weighted by Gasteiger charge is 2.36. The minimum atomic E-state index is -0.802. The highest BCUT2D eigenvalue weighted by Crippen LogP contribution is 2.23. The molecule has 2 rings (SSSR count). The zero-order valence-corrected chi connectivity index (χ0v) is 13.4. The van der Waals surface area contributed by atoms with Crippen molar-refractivity contribution >= 4 is 39.1 Å². The van der Waals surface area contributed by atoms with Crippen LogP contribution in [0.3, 0.4) is 0 Å². The first kappa shape index (κ1) is 14.5. The molecule has 104 valence electrons. The van der Waals surface area contributed by atoms with Gasteiger partial charge in [0.2, 0.25) is 11.8 Å². The van der Waals surface area contributed by atoms with Crippen LogP contribution in [0, 0.1) is 0 Å². The summed E-state index contributed by atoms with van der Waals surface area (Å²) in [5, 5.41) is 2.77. The highest BCUT2D eigenvalue weighted by molar-refractivity contribution is 9.11. The van der Waals surface area contributed by atoms with Crippen molar-refractivity contribution in [2.24, 2.45) is 0 Å². The van der Waals surface area contributed by atoms with E-state index in [1.807, 2.05) is 6.07 Å². The number of amides is 2. The summed E-state index contributed by atoms with van der Waals surface area (Å²) in [6.07, 6.45) is 1.20. The molecule has 1 saturated heterocycles. The Balaban J connectivity index is 2.02. The lowest BCUT2D eigenvalue weighted by atomic mass is 10.0. The van der Waals surface area contributed by atoms with E-state index in [9.17, 15) is 9.59 Å². The third kappa shape index (κ3) is 3.57. The monoisotopic (exact) mass is 344 g/mol. The van der Waals surface area contributed by atoms with Crippen LogP contribution < -0.4 is 5.32 Å². The summed E-state index contributed by atoms with van der Waals surface area (Å²) in [4.78, 5) is 26.9. The lowest BCUT2D eigenvalue weighted by molar-refractivity contribution is -0.137. The summed E-state index contributed by atoms with van der Waals surface area (Å²) >= 11 is 5.11. The Labute approximate surface area is 125 Å². The maximum absolute atomic E-state index is 12.3. The van der Waals surface area contributed by atoms with Crippen molar-refractivity contribution < 1.29 is 9.59 Å². The molecule has 0 aliphatic carbocycles. The molecule has 0 aromatic carbocycles. The first-order valence-corrected chi connectivity index (χ1v) is 7.84. The third-order valence-corrected chi connectivity index (χ3v) is 4.82. The first-order valence-electron chi connectivity index (χ1n) is 6.23. The maximum Gasteiger partial charge on any atom is 0.247 e. The third-order valence-electron chi connectivity index (χ3n) is 3.14. The van der Waals surface area contributed by atoms with Crippen LogP contribution in [0.15, 0.2) is 15.9 Å². The van der Waals surface area contributed by atoms with Gasteiger partial charge in [-0.3, -0.25) is 9.59 Å². The molecule has 2 heterocycles. The molecule has 1 aromatic rings. The molecule has 1 aliphatic rings. The van der Waals surface area contributed by atoms with E-state index in [-0.39, 0.29) is 11.8 Å². The fourth-order valence-corrected chi connectivity index (χ4v) is 3.61. The van der Waals surface area contributed by atoms with Crippen LogP contribution in [0.1, 0.15) is 25.1 Å². The summed E-state index contributed by atoms with van der Waals surface area (Å²) in [6.45, 7) is 4.67. The second-order valence-corrected chi connectivity index (χ2v) is 7.72. The second-order valence-electron chi connectivity index (χ2n) is 5.17. The summed E-state index contributed by atoms with van der Waals surface area (Å²) in [5.41, 5.74) is -0.802. The standard InChI is InChI=1S/C13H17BrN2O2S/c1-13(2)12(18)16(8-6-11(17)15-13)7-5-9-3-4-10(14)19-9/h3-4H,5-8H2,1-2H3,(H,15,17). The molecule has 1 fully saturated rings. The van der Waals surface area contributed by atoms with Crippen molar-refractivity contribution in [2.45, 2.75) is 32.2 Å². The van der Waals surface area contributed by atoms with E-state index in [1.54, 1.807) is 30.1 Å². The Morgan fingerprint density at radius 1 is 1.42 bits per heavy atom.